The number of carboxylic acid groups (broad SMARTS) is 1. The van der Waals surface area contributed by atoms with Crippen LogP contribution in [-0.4, -0.2) is 16.9 Å². The maximum atomic E-state index is 11.2. The number of nitrogens with two attached hydrogens (primary N) is 1. The van der Waals surface area contributed by atoms with Crippen LogP contribution >= 0.6 is 0 Å². The zero-order valence-electron chi connectivity index (χ0n) is 8.93. The number of anilines is 1. The molecule has 0 radical (unpaired) electrons. The second-order valence-electron chi connectivity index (χ2n) is 3.40. The number of carbonyl (C=O) groups excluding carboxylic acids is 1. The second-order valence-corrected chi connectivity index (χ2v) is 3.40. The minimum absolute atomic E-state index is 0.0419. The van der Waals surface area contributed by atoms with Crippen molar-refractivity contribution in [2.24, 2.45) is 0 Å². The predicted molar refractivity (Wildman–Crippen MR) is 62.1 cm³/mol. The van der Waals surface area contributed by atoms with Crippen LogP contribution in [0.2, 0.25) is 0 Å². The molecule has 0 amide bonds. The van der Waals surface area contributed by atoms with Crippen molar-refractivity contribution < 1.29 is 14.7 Å². The number of aliphatic carboxylic acids is 1. The van der Waals surface area contributed by atoms with E-state index in [2.05, 4.69) is 0 Å². The summed E-state index contributed by atoms with van der Waals surface area (Å²) in [6.07, 6.45) is 3.14. The molecule has 0 heterocycles. The molecule has 0 unspecified atom stereocenters. The highest BCUT2D eigenvalue weighted by Crippen LogP contribution is 2.15. The van der Waals surface area contributed by atoms with Crippen LogP contribution in [-0.2, 0) is 4.79 Å². The van der Waals surface area contributed by atoms with E-state index >= 15 is 0 Å². The average Bonchev–Trinajstić information content (AvgIpc) is 2.19. The van der Waals surface area contributed by atoms with Gasteiger partial charge >= 0.3 is 5.97 Å². The van der Waals surface area contributed by atoms with Gasteiger partial charge in [0.1, 0.15) is 0 Å². The fourth-order valence-electron chi connectivity index (χ4n) is 1.28. The lowest BCUT2D eigenvalue weighted by atomic mass is 10.1. The van der Waals surface area contributed by atoms with Gasteiger partial charge < -0.3 is 10.8 Å². The van der Waals surface area contributed by atoms with Gasteiger partial charge in [-0.15, -0.1) is 0 Å². The Labute approximate surface area is 93.4 Å². The summed E-state index contributed by atoms with van der Waals surface area (Å²) in [5, 5.41) is 8.45. The third kappa shape index (κ3) is 3.24. The summed E-state index contributed by atoms with van der Waals surface area (Å²) in [7, 11) is 0. The van der Waals surface area contributed by atoms with E-state index in [4.69, 9.17) is 10.8 Å². The number of benzene rings is 1. The second kappa shape index (κ2) is 5.11. The summed E-state index contributed by atoms with van der Waals surface area (Å²) in [5.41, 5.74) is 7.28. The number of nitrogen functional groups attached to an aromatic ring is 1. The largest absolute Gasteiger partial charge is 0.481 e. The molecule has 0 saturated heterocycles. The van der Waals surface area contributed by atoms with Gasteiger partial charge in [-0.3, -0.25) is 9.59 Å². The third-order valence-electron chi connectivity index (χ3n) is 2.06. The molecule has 4 heteroatoms. The van der Waals surface area contributed by atoms with Crippen molar-refractivity contribution in [3.05, 3.63) is 35.4 Å². The van der Waals surface area contributed by atoms with Crippen molar-refractivity contribution in [3.63, 3.8) is 0 Å². The van der Waals surface area contributed by atoms with Gasteiger partial charge in [0.15, 0.2) is 5.78 Å². The number of ketones is 1. The molecule has 16 heavy (non-hydrogen) atoms. The van der Waals surface area contributed by atoms with E-state index in [1.165, 1.54) is 13.0 Å². The number of hydrogen-bond donors (Lipinski definition) is 2. The normalized spacial score (nSPS) is 10.6. The van der Waals surface area contributed by atoms with Gasteiger partial charge in [-0.2, -0.15) is 0 Å². The van der Waals surface area contributed by atoms with Crippen LogP contribution in [0, 0.1) is 0 Å². The number of carbonyl (C=O) groups is 2. The zero-order valence-corrected chi connectivity index (χ0v) is 8.93. The van der Waals surface area contributed by atoms with E-state index in [0.29, 0.717) is 11.3 Å². The van der Waals surface area contributed by atoms with E-state index in [9.17, 15) is 9.59 Å². The Morgan fingerprint density at radius 3 is 2.69 bits per heavy atom. The Kier molecular flexibility index (Phi) is 3.83. The van der Waals surface area contributed by atoms with Crippen LogP contribution in [0.15, 0.2) is 24.3 Å². The first-order valence-corrected chi connectivity index (χ1v) is 4.79. The minimum atomic E-state index is -0.890. The SMILES string of the molecule is CC(=O)c1cc(C=CCC(=O)O)ccc1N. The molecule has 0 fully saturated rings. The fraction of sp³-hybridized carbons (Fsp3) is 0.167. The molecule has 0 aliphatic heterocycles. The number of rotatable bonds is 4. The highest BCUT2D eigenvalue weighted by molar-refractivity contribution is 5.99. The minimum Gasteiger partial charge on any atom is -0.481 e. The summed E-state index contributed by atoms with van der Waals surface area (Å²) in [6, 6.07) is 5.02. The molecule has 0 aromatic heterocycles. The fourth-order valence-corrected chi connectivity index (χ4v) is 1.28. The first-order chi connectivity index (χ1) is 7.50. The molecule has 0 aliphatic rings. The maximum absolute atomic E-state index is 11.2. The van der Waals surface area contributed by atoms with Crippen LogP contribution in [0.1, 0.15) is 29.3 Å². The third-order valence-corrected chi connectivity index (χ3v) is 2.06. The first-order valence-electron chi connectivity index (χ1n) is 4.79. The van der Waals surface area contributed by atoms with Gasteiger partial charge in [0.2, 0.25) is 0 Å². The summed E-state index contributed by atoms with van der Waals surface area (Å²) in [6.45, 7) is 1.44. The molecule has 0 aliphatic carbocycles. The lowest BCUT2D eigenvalue weighted by Crippen LogP contribution is -1.99. The summed E-state index contributed by atoms with van der Waals surface area (Å²) < 4.78 is 0. The van der Waals surface area contributed by atoms with E-state index in [-0.39, 0.29) is 12.2 Å². The summed E-state index contributed by atoms with van der Waals surface area (Å²) >= 11 is 0. The van der Waals surface area contributed by atoms with Crippen LogP contribution in [0.5, 0.6) is 0 Å². The van der Waals surface area contributed by atoms with Crippen molar-refractivity contribution in [1.29, 1.82) is 0 Å². The maximum Gasteiger partial charge on any atom is 0.307 e. The number of Topliss-reactive ketones (excluding diaryl/α,β-unsaturated/α-hetero) is 1. The van der Waals surface area contributed by atoms with Crippen LogP contribution < -0.4 is 5.73 Å². The highest BCUT2D eigenvalue weighted by Gasteiger charge is 2.04. The van der Waals surface area contributed by atoms with Gasteiger partial charge in [0.25, 0.3) is 0 Å². The lowest BCUT2D eigenvalue weighted by Gasteiger charge is -2.02. The summed E-state index contributed by atoms with van der Waals surface area (Å²) in [5.74, 6) is -0.996. The Morgan fingerprint density at radius 1 is 1.44 bits per heavy atom. The molecule has 4 nitrogen and oxygen atoms in total. The number of hydrogen-bond acceptors (Lipinski definition) is 3. The van der Waals surface area contributed by atoms with Gasteiger partial charge in [-0.05, 0) is 24.6 Å². The standard InChI is InChI=1S/C12H13NO3/c1-8(14)10-7-9(5-6-11(10)13)3-2-4-12(15)16/h2-3,5-7H,4,13H2,1H3,(H,15,16). The summed E-state index contributed by atoms with van der Waals surface area (Å²) in [4.78, 5) is 21.5. The highest BCUT2D eigenvalue weighted by atomic mass is 16.4. The molecule has 1 aromatic rings. The van der Waals surface area contributed by atoms with Gasteiger partial charge in [0, 0.05) is 11.3 Å². The molecule has 3 N–H and O–H groups in total. The van der Waals surface area contributed by atoms with E-state index in [1.807, 2.05) is 0 Å². The van der Waals surface area contributed by atoms with Gasteiger partial charge in [-0.25, -0.2) is 0 Å². The van der Waals surface area contributed by atoms with Crippen molar-refractivity contribution in [2.45, 2.75) is 13.3 Å². The first kappa shape index (κ1) is 12.0. The molecular weight excluding hydrogens is 206 g/mol. The average molecular weight is 219 g/mol. The topological polar surface area (TPSA) is 80.4 Å². The van der Waals surface area contributed by atoms with E-state index < -0.39 is 5.97 Å². The van der Waals surface area contributed by atoms with Crippen molar-refractivity contribution >= 4 is 23.5 Å². The molecule has 0 atom stereocenters. The molecule has 0 spiro atoms. The monoisotopic (exact) mass is 219 g/mol. The Bertz CT molecular complexity index is 450. The lowest BCUT2D eigenvalue weighted by molar-refractivity contribution is -0.135. The van der Waals surface area contributed by atoms with Gasteiger partial charge in [0.05, 0.1) is 6.42 Å². The van der Waals surface area contributed by atoms with Crippen molar-refractivity contribution in [3.8, 4) is 0 Å². The van der Waals surface area contributed by atoms with Crippen molar-refractivity contribution in [1.82, 2.24) is 0 Å². The van der Waals surface area contributed by atoms with E-state index in [1.54, 1.807) is 24.3 Å². The van der Waals surface area contributed by atoms with Crippen LogP contribution in [0.4, 0.5) is 5.69 Å². The molecule has 84 valence electrons. The zero-order chi connectivity index (χ0) is 12.1. The Hall–Kier alpha value is -2.10. The molecular formula is C12H13NO3. The predicted octanol–water partition coefficient (Wildman–Crippen LogP) is 1.96. The van der Waals surface area contributed by atoms with Gasteiger partial charge in [-0.1, -0.05) is 18.2 Å². The van der Waals surface area contributed by atoms with Crippen LogP contribution in [0.25, 0.3) is 6.08 Å². The smallest absolute Gasteiger partial charge is 0.307 e. The Morgan fingerprint density at radius 2 is 2.12 bits per heavy atom. The molecule has 1 rings (SSSR count). The quantitative estimate of drug-likeness (QED) is 0.599. The molecule has 0 saturated carbocycles. The molecule has 0 bridgehead atoms. The van der Waals surface area contributed by atoms with Crippen molar-refractivity contribution in [2.75, 3.05) is 5.73 Å². The number of carboxylic acids is 1. The van der Waals surface area contributed by atoms with Crippen LogP contribution in [0.3, 0.4) is 0 Å². The van der Waals surface area contributed by atoms with E-state index in [0.717, 1.165) is 5.56 Å². The Balaban J connectivity index is 2.91. The molecule has 1 aromatic carbocycles.